The molecule has 0 aromatic carbocycles. The fourth-order valence-electron chi connectivity index (χ4n) is 2.81. The maximum Gasteiger partial charge on any atom is 0.308 e. The summed E-state index contributed by atoms with van der Waals surface area (Å²) in [6.07, 6.45) is 3.23. The summed E-state index contributed by atoms with van der Waals surface area (Å²) in [6.45, 7) is 4.37. The number of nitrogens with zero attached hydrogens (tertiary/aromatic N) is 2. The van der Waals surface area contributed by atoms with Crippen LogP contribution in [0.5, 0.6) is 0 Å². The summed E-state index contributed by atoms with van der Waals surface area (Å²) >= 11 is 0. The van der Waals surface area contributed by atoms with Crippen LogP contribution in [0.1, 0.15) is 48.8 Å². The van der Waals surface area contributed by atoms with Gasteiger partial charge in [-0.2, -0.15) is 5.10 Å². The van der Waals surface area contributed by atoms with Gasteiger partial charge >= 0.3 is 5.97 Å². The molecular formula is C14H21N3O3. The predicted molar refractivity (Wildman–Crippen MR) is 73.5 cm³/mol. The highest BCUT2D eigenvalue weighted by molar-refractivity contribution is 5.93. The third-order valence-electron chi connectivity index (χ3n) is 3.83. The van der Waals surface area contributed by atoms with E-state index in [1.807, 2.05) is 13.8 Å². The standard InChI is InChI=1S/C14H21N3O3/c1-3-17-12(8-9(2)16-17)13(18)15-11-7-5-4-6-10(11)14(19)20/h8,10-11H,3-7H2,1-2H3,(H,15,18)(H,19,20). The zero-order chi connectivity index (χ0) is 14.7. The number of nitrogens with one attached hydrogen (secondary N) is 1. The number of carboxylic acids is 1. The van der Waals surface area contributed by atoms with E-state index in [-0.39, 0.29) is 11.9 Å². The van der Waals surface area contributed by atoms with Gasteiger partial charge < -0.3 is 10.4 Å². The van der Waals surface area contributed by atoms with Gasteiger partial charge in [-0.3, -0.25) is 14.3 Å². The van der Waals surface area contributed by atoms with Crippen molar-refractivity contribution in [1.29, 1.82) is 0 Å². The molecule has 1 aromatic heterocycles. The monoisotopic (exact) mass is 279 g/mol. The van der Waals surface area contributed by atoms with Crippen LogP contribution < -0.4 is 5.32 Å². The van der Waals surface area contributed by atoms with E-state index >= 15 is 0 Å². The zero-order valence-electron chi connectivity index (χ0n) is 11.9. The van der Waals surface area contributed by atoms with Crippen LogP contribution in [0.15, 0.2) is 6.07 Å². The molecule has 0 bridgehead atoms. The second-order valence-corrected chi connectivity index (χ2v) is 5.30. The van der Waals surface area contributed by atoms with Gasteiger partial charge in [0, 0.05) is 12.6 Å². The first-order valence-electron chi connectivity index (χ1n) is 7.11. The molecule has 2 N–H and O–H groups in total. The topological polar surface area (TPSA) is 84.2 Å². The summed E-state index contributed by atoms with van der Waals surface area (Å²) in [5, 5.41) is 16.3. The normalized spacial score (nSPS) is 22.5. The number of aromatic nitrogens is 2. The number of aliphatic carboxylic acids is 1. The van der Waals surface area contributed by atoms with E-state index in [1.54, 1.807) is 10.7 Å². The summed E-state index contributed by atoms with van der Waals surface area (Å²) in [5.41, 5.74) is 1.29. The van der Waals surface area contributed by atoms with Crippen LogP contribution in [0.3, 0.4) is 0 Å². The van der Waals surface area contributed by atoms with Crippen LogP contribution >= 0.6 is 0 Å². The van der Waals surface area contributed by atoms with Crippen LogP contribution in [-0.2, 0) is 11.3 Å². The van der Waals surface area contributed by atoms with Crippen LogP contribution in [0.25, 0.3) is 0 Å². The Bertz CT molecular complexity index is 510. The van der Waals surface area contributed by atoms with E-state index in [0.29, 0.717) is 18.7 Å². The quantitative estimate of drug-likeness (QED) is 0.876. The second-order valence-electron chi connectivity index (χ2n) is 5.30. The average Bonchev–Trinajstić information content (AvgIpc) is 2.80. The van der Waals surface area contributed by atoms with Crippen molar-refractivity contribution in [3.8, 4) is 0 Å². The van der Waals surface area contributed by atoms with Gasteiger partial charge in [0.15, 0.2) is 0 Å². The summed E-state index contributed by atoms with van der Waals surface area (Å²) in [7, 11) is 0. The van der Waals surface area contributed by atoms with Crippen molar-refractivity contribution >= 4 is 11.9 Å². The van der Waals surface area contributed by atoms with E-state index in [2.05, 4.69) is 10.4 Å². The lowest BCUT2D eigenvalue weighted by Crippen LogP contribution is -2.45. The lowest BCUT2D eigenvalue weighted by atomic mass is 9.84. The van der Waals surface area contributed by atoms with Crippen molar-refractivity contribution in [2.75, 3.05) is 0 Å². The SMILES string of the molecule is CCn1nc(C)cc1C(=O)NC1CCCCC1C(=O)O. The first-order chi connectivity index (χ1) is 9.52. The Kier molecular flexibility index (Phi) is 4.42. The Morgan fingerprint density at radius 3 is 2.80 bits per heavy atom. The summed E-state index contributed by atoms with van der Waals surface area (Å²) in [4.78, 5) is 23.6. The van der Waals surface area contributed by atoms with Gasteiger partial charge in [0.1, 0.15) is 5.69 Å². The molecule has 1 amide bonds. The van der Waals surface area contributed by atoms with Crippen LogP contribution in [0.4, 0.5) is 0 Å². The molecule has 20 heavy (non-hydrogen) atoms. The molecule has 110 valence electrons. The van der Waals surface area contributed by atoms with Gasteiger partial charge in [-0.25, -0.2) is 0 Å². The predicted octanol–water partition coefficient (Wildman–Crippen LogP) is 1.58. The van der Waals surface area contributed by atoms with E-state index in [1.165, 1.54) is 0 Å². The van der Waals surface area contributed by atoms with Crippen molar-refractivity contribution in [2.45, 2.75) is 52.1 Å². The van der Waals surface area contributed by atoms with E-state index < -0.39 is 11.9 Å². The molecule has 2 unspecified atom stereocenters. The first kappa shape index (κ1) is 14.6. The summed E-state index contributed by atoms with van der Waals surface area (Å²) < 4.78 is 1.64. The minimum absolute atomic E-state index is 0.231. The molecule has 1 aliphatic rings. The molecule has 6 heteroatoms. The third kappa shape index (κ3) is 3.00. The molecule has 1 saturated carbocycles. The second kappa shape index (κ2) is 6.07. The van der Waals surface area contributed by atoms with Gasteiger partial charge in [-0.05, 0) is 32.8 Å². The lowest BCUT2D eigenvalue weighted by Gasteiger charge is -2.29. The zero-order valence-corrected chi connectivity index (χ0v) is 11.9. The fourth-order valence-corrected chi connectivity index (χ4v) is 2.81. The number of carbonyl (C=O) groups excluding carboxylic acids is 1. The summed E-state index contributed by atoms with van der Waals surface area (Å²) in [5.74, 6) is -1.53. The molecule has 1 heterocycles. The number of hydrogen-bond donors (Lipinski definition) is 2. The van der Waals surface area contributed by atoms with Crippen molar-refractivity contribution in [1.82, 2.24) is 15.1 Å². The largest absolute Gasteiger partial charge is 0.481 e. The third-order valence-corrected chi connectivity index (χ3v) is 3.83. The Morgan fingerprint density at radius 1 is 1.45 bits per heavy atom. The van der Waals surface area contributed by atoms with Crippen LogP contribution in [-0.4, -0.2) is 32.8 Å². The number of carboxylic acid groups (broad SMARTS) is 1. The minimum atomic E-state index is -0.824. The number of hydrogen-bond acceptors (Lipinski definition) is 3. The Hall–Kier alpha value is -1.85. The summed E-state index contributed by atoms with van der Waals surface area (Å²) in [6, 6.07) is 1.45. The van der Waals surface area contributed by atoms with Gasteiger partial charge in [0.05, 0.1) is 11.6 Å². The molecule has 0 spiro atoms. The van der Waals surface area contributed by atoms with Crippen LogP contribution in [0, 0.1) is 12.8 Å². The number of rotatable bonds is 4. The van der Waals surface area contributed by atoms with Gasteiger partial charge in [-0.1, -0.05) is 12.8 Å². The highest BCUT2D eigenvalue weighted by atomic mass is 16.4. The Balaban J connectivity index is 2.11. The van der Waals surface area contributed by atoms with E-state index in [4.69, 9.17) is 0 Å². The Morgan fingerprint density at radius 2 is 2.15 bits per heavy atom. The minimum Gasteiger partial charge on any atom is -0.481 e. The van der Waals surface area contributed by atoms with Crippen molar-refractivity contribution in [2.24, 2.45) is 5.92 Å². The molecule has 2 atom stereocenters. The van der Waals surface area contributed by atoms with Gasteiger partial charge in [0.2, 0.25) is 0 Å². The highest BCUT2D eigenvalue weighted by Crippen LogP contribution is 2.25. The fraction of sp³-hybridized carbons (Fsp3) is 0.643. The maximum absolute atomic E-state index is 12.3. The van der Waals surface area contributed by atoms with E-state index in [0.717, 1.165) is 25.0 Å². The molecule has 0 saturated heterocycles. The van der Waals surface area contributed by atoms with Gasteiger partial charge in [0.25, 0.3) is 5.91 Å². The number of carbonyl (C=O) groups is 2. The van der Waals surface area contributed by atoms with Crippen molar-refractivity contribution in [3.05, 3.63) is 17.5 Å². The highest BCUT2D eigenvalue weighted by Gasteiger charge is 2.32. The average molecular weight is 279 g/mol. The molecule has 2 rings (SSSR count). The molecule has 0 radical (unpaired) electrons. The van der Waals surface area contributed by atoms with E-state index in [9.17, 15) is 14.7 Å². The molecular weight excluding hydrogens is 258 g/mol. The molecule has 1 aromatic rings. The smallest absolute Gasteiger partial charge is 0.308 e. The molecule has 1 fully saturated rings. The number of aryl methyl sites for hydroxylation is 2. The van der Waals surface area contributed by atoms with Crippen LogP contribution in [0.2, 0.25) is 0 Å². The molecule has 0 aliphatic heterocycles. The maximum atomic E-state index is 12.3. The Labute approximate surface area is 118 Å². The lowest BCUT2D eigenvalue weighted by molar-refractivity contribution is -0.143. The molecule has 6 nitrogen and oxygen atoms in total. The van der Waals surface area contributed by atoms with Crippen molar-refractivity contribution < 1.29 is 14.7 Å². The number of amides is 1. The first-order valence-corrected chi connectivity index (χ1v) is 7.11. The van der Waals surface area contributed by atoms with Crippen molar-refractivity contribution in [3.63, 3.8) is 0 Å². The van der Waals surface area contributed by atoms with Gasteiger partial charge in [-0.15, -0.1) is 0 Å². The molecule has 1 aliphatic carbocycles.